The molecule has 0 atom stereocenters. The van der Waals surface area contributed by atoms with E-state index in [-0.39, 0.29) is 6.03 Å². The third-order valence-corrected chi connectivity index (χ3v) is 2.13. The van der Waals surface area contributed by atoms with E-state index in [1.807, 2.05) is 12.1 Å². The van der Waals surface area contributed by atoms with Gasteiger partial charge in [-0.2, -0.15) is 5.01 Å². The van der Waals surface area contributed by atoms with Crippen LogP contribution < -0.4 is 10.3 Å². The highest BCUT2D eigenvalue weighted by molar-refractivity contribution is 5.91. The van der Waals surface area contributed by atoms with E-state index in [4.69, 9.17) is 0 Å². The zero-order chi connectivity index (χ0) is 11.4. The first-order valence-corrected chi connectivity index (χ1v) is 4.88. The lowest BCUT2D eigenvalue weighted by Gasteiger charge is -2.22. The van der Waals surface area contributed by atoms with Gasteiger partial charge in [-0.05, 0) is 24.3 Å². The molecule has 0 spiro atoms. The van der Waals surface area contributed by atoms with Gasteiger partial charge in [-0.15, -0.1) is 0 Å². The molecule has 2 rings (SSSR count). The number of amides is 2. The lowest BCUT2D eigenvalue weighted by molar-refractivity contribution is 0.246. The quantitative estimate of drug-likeness (QED) is 0.826. The molecule has 1 N–H and O–H groups in total. The van der Waals surface area contributed by atoms with Gasteiger partial charge >= 0.3 is 6.03 Å². The Bertz CT molecular complexity index is 452. The minimum atomic E-state index is -0.206. The molecule has 2 heterocycles. The van der Waals surface area contributed by atoms with Crippen LogP contribution in [0.2, 0.25) is 0 Å². The molecular formula is C11H12N4O. The molecule has 0 radical (unpaired) electrons. The molecule has 5 heteroatoms. The molecule has 0 aliphatic rings. The van der Waals surface area contributed by atoms with Crippen molar-refractivity contribution in [3.63, 3.8) is 0 Å². The Balaban J connectivity index is 2.40. The van der Waals surface area contributed by atoms with E-state index in [2.05, 4.69) is 10.3 Å². The molecular weight excluding hydrogens is 204 g/mol. The number of hydrogen-bond donors (Lipinski definition) is 1. The van der Waals surface area contributed by atoms with Crippen molar-refractivity contribution in [3.8, 4) is 0 Å². The summed E-state index contributed by atoms with van der Waals surface area (Å²) in [5, 5.41) is 4.11. The van der Waals surface area contributed by atoms with Gasteiger partial charge in [-0.3, -0.25) is 9.66 Å². The van der Waals surface area contributed by atoms with Gasteiger partial charge in [0.25, 0.3) is 0 Å². The molecule has 0 saturated heterocycles. The number of pyridine rings is 1. The Morgan fingerprint density at radius 2 is 1.94 bits per heavy atom. The summed E-state index contributed by atoms with van der Waals surface area (Å²) >= 11 is 0. The fraction of sp³-hybridized carbons (Fsp3) is 0.0909. The van der Waals surface area contributed by atoms with E-state index >= 15 is 0 Å². The Hall–Kier alpha value is -2.30. The second-order valence-corrected chi connectivity index (χ2v) is 3.14. The normalized spacial score (nSPS) is 9.81. The average molecular weight is 216 g/mol. The van der Waals surface area contributed by atoms with Gasteiger partial charge in [-0.1, -0.05) is 0 Å². The van der Waals surface area contributed by atoms with Crippen LogP contribution in [0.3, 0.4) is 0 Å². The van der Waals surface area contributed by atoms with Crippen LogP contribution >= 0.6 is 0 Å². The summed E-state index contributed by atoms with van der Waals surface area (Å²) in [4.78, 5) is 15.7. The van der Waals surface area contributed by atoms with E-state index < -0.39 is 0 Å². The van der Waals surface area contributed by atoms with Crippen LogP contribution in [0.25, 0.3) is 0 Å². The third kappa shape index (κ3) is 1.88. The number of nitrogens with one attached hydrogen (secondary N) is 1. The largest absolute Gasteiger partial charge is 0.341 e. The van der Waals surface area contributed by atoms with Crippen LogP contribution in [0, 0.1) is 0 Å². The van der Waals surface area contributed by atoms with Crippen LogP contribution in [0.15, 0.2) is 49.1 Å². The van der Waals surface area contributed by atoms with Gasteiger partial charge < -0.3 is 5.32 Å². The molecule has 16 heavy (non-hydrogen) atoms. The first-order chi connectivity index (χ1) is 7.83. The van der Waals surface area contributed by atoms with Gasteiger partial charge in [0.15, 0.2) is 0 Å². The highest BCUT2D eigenvalue weighted by atomic mass is 16.2. The maximum Gasteiger partial charge on any atom is 0.341 e. The van der Waals surface area contributed by atoms with Crippen LogP contribution in [0.5, 0.6) is 0 Å². The molecule has 0 unspecified atom stereocenters. The maximum absolute atomic E-state index is 11.8. The minimum absolute atomic E-state index is 0.206. The first-order valence-electron chi connectivity index (χ1n) is 4.88. The minimum Gasteiger partial charge on any atom is -0.339 e. The number of aromatic nitrogens is 2. The maximum atomic E-state index is 11.8. The van der Waals surface area contributed by atoms with Gasteiger partial charge in [-0.25, -0.2) is 4.79 Å². The Morgan fingerprint density at radius 1 is 1.31 bits per heavy atom. The van der Waals surface area contributed by atoms with Crippen LogP contribution in [-0.2, 0) is 0 Å². The molecule has 0 aromatic carbocycles. The van der Waals surface area contributed by atoms with Crippen molar-refractivity contribution in [1.29, 1.82) is 0 Å². The summed E-state index contributed by atoms with van der Waals surface area (Å²) in [5.74, 6) is 0. The monoisotopic (exact) mass is 216 g/mol. The van der Waals surface area contributed by atoms with Crippen molar-refractivity contribution in [2.45, 2.75) is 0 Å². The third-order valence-electron chi connectivity index (χ3n) is 2.13. The van der Waals surface area contributed by atoms with Gasteiger partial charge in [0.2, 0.25) is 0 Å². The smallest absolute Gasteiger partial charge is 0.339 e. The van der Waals surface area contributed by atoms with E-state index in [0.29, 0.717) is 0 Å². The molecule has 0 aliphatic carbocycles. The molecule has 0 fully saturated rings. The average Bonchev–Trinajstić information content (AvgIpc) is 2.84. The second kappa shape index (κ2) is 4.48. The SMILES string of the molecule is CNC(=O)N(c1ccncc1)n1cccc1. The highest BCUT2D eigenvalue weighted by Gasteiger charge is 2.14. The molecule has 82 valence electrons. The van der Waals surface area contributed by atoms with E-state index in [1.54, 1.807) is 48.6 Å². The molecule has 2 amide bonds. The van der Waals surface area contributed by atoms with Crippen LogP contribution in [-0.4, -0.2) is 22.7 Å². The zero-order valence-electron chi connectivity index (χ0n) is 8.87. The summed E-state index contributed by atoms with van der Waals surface area (Å²) in [6, 6.07) is 7.06. The summed E-state index contributed by atoms with van der Waals surface area (Å²) in [6.45, 7) is 0. The van der Waals surface area contributed by atoms with Crippen molar-refractivity contribution in [2.24, 2.45) is 0 Å². The first kappa shape index (κ1) is 10.2. The number of nitrogens with zero attached hydrogens (tertiary/aromatic N) is 3. The number of carbonyl (C=O) groups excluding carboxylic acids is 1. The summed E-state index contributed by atoms with van der Waals surface area (Å²) in [7, 11) is 1.60. The summed E-state index contributed by atoms with van der Waals surface area (Å²) in [5.41, 5.74) is 0.755. The van der Waals surface area contributed by atoms with Crippen molar-refractivity contribution >= 4 is 11.7 Å². The molecule has 0 saturated carbocycles. The molecule has 2 aromatic heterocycles. The summed E-state index contributed by atoms with van der Waals surface area (Å²) < 4.78 is 1.70. The fourth-order valence-electron chi connectivity index (χ4n) is 1.41. The zero-order valence-corrected chi connectivity index (χ0v) is 8.87. The summed E-state index contributed by atoms with van der Waals surface area (Å²) in [6.07, 6.45) is 6.90. The van der Waals surface area contributed by atoms with Gasteiger partial charge in [0, 0.05) is 31.8 Å². The lowest BCUT2D eigenvalue weighted by atomic mass is 10.4. The number of urea groups is 1. The lowest BCUT2D eigenvalue weighted by Crippen LogP contribution is -2.41. The fourth-order valence-corrected chi connectivity index (χ4v) is 1.41. The molecule has 0 bridgehead atoms. The molecule has 5 nitrogen and oxygen atoms in total. The Labute approximate surface area is 93.3 Å². The van der Waals surface area contributed by atoms with Crippen LogP contribution in [0.1, 0.15) is 0 Å². The highest BCUT2D eigenvalue weighted by Crippen LogP contribution is 2.13. The predicted octanol–water partition coefficient (Wildman–Crippen LogP) is 1.49. The van der Waals surface area contributed by atoms with Crippen LogP contribution in [0.4, 0.5) is 10.5 Å². The number of hydrogen-bond acceptors (Lipinski definition) is 2. The number of anilines is 1. The number of rotatable bonds is 2. The second-order valence-electron chi connectivity index (χ2n) is 3.14. The van der Waals surface area contributed by atoms with Crippen molar-refractivity contribution in [1.82, 2.24) is 15.0 Å². The molecule has 0 aliphatic heterocycles. The Kier molecular flexibility index (Phi) is 2.86. The standard InChI is InChI=1S/C11H12N4O/c1-12-11(16)15(14-8-2-3-9-14)10-4-6-13-7-5-10/h2-9H,1H3,(H,12,16). The van der Waals surface area contributed by atoms with Crippen molar-refractivity contribution in [2.75, 3.05) is 12.1 Å². The van der Waals surface area contributed by atoms with Gasteiger partial charge in [0.05, 0.1) is 5.69 Å². The molecule has 2 aromatic rings. The van der Waals surface area contributed by atoms with E-state index in [0.717, 1.165) is 5.69 Å². The van der Waals surface area contributed by atoms with Crippen molar-refractivity contribution < 1.29 is 4.79 Å². The van der Waals surface area contributed by atoms with E-state index in [1.165, 1.54) is 5.01 Å². The topological polar surface area (TPSA) is 50.2 Å². The van der Waals surface area contributed by atoms with E-state index in [9.17, 15) is 4.79 Å². The Morgan fingerprint density at radius 3 is 2.50 bits per heavy atom. The van der Waals surface area contributed by atoms with Gasteiger partial charge in [0.1, 0.15) is 0 Å². The van der Waals surface area contributed by atoms with Crippen molar-refractivity contribution in [3.05, 3.63) is 49.1 Å². The number of carbonyl (C=O) groups is 1. The predicted molar refractivity (Wildman–Crippen MR) is 61.0 cm³/mol.